The first kappa shape index (κ1) is 17.4. The van der Waals surface area contributed by atoms with Crippen LogP contribution in [0.15, 0.2) is 18.2 Å². The van der Waals surface area contributed by atoms with Gasteiger partial charge in [-0.05, 0) is 31.5 Å². The Balaban J connectivity index is 1.81. The highest BCUT2D eigenvalue weighted by Gasteiger charge is 2.24. The van der Waals surface area contributed by atoms with Crippen LogP contribution in [0.5, 0.6) is 0 Å². The third-order valence-corrected chi connectivity index (χ3v) is 4.27. The SMILES string of the molecule is CCOC(=O)N1CCN(C(=O)CNc2cccc(Cl)c2C)CC1. The molecule has 0 atom stereocenters. The Labute approximate surface area is 141 Å². The zero-order chi connectivity index (χ0) is 16.8. The van der Waals surface area contributed by atoms with Gasteiger partial charge in [-0.25, -0.2) is 4.79 Å². The minimum absolute atomic E-state index is 0.00730. The van der Waals surface area contributed by atoms with Crippen molar-refractivity contribution < 1.29 is 14.3 Å². The summed E-state index contributed by atoms with van der Waals surface area (Å²) in [7, 11) is 0. The van der Waals surface area contributed by atoms with Gasteiger partial charge in [0.25, 0.3) is 0 Å². The van der Waals surface area contributed by atoms with Crippen LogP contribution in [-0.2, 0) is 9.53 Å². The predicted molar refractivity (Wildman–Crippen MR) is 89.9 cm³/mol. The van der Waals surface area contributed by atoms with Gasteiger partial charge in [0.2, 0.25) is 5.91 Å². The molecule has 0 spiro atoms. The van der Waals surface area contributed by atoms with E-state index in [1.807, 2.05) is 25.1 Å². The summed E-state index contributed by atoms with van der Waals surface area (Å²) in [5, 5.41) is 3.80. The largest absolute Gasteiger partial charge is 0.450 e. The van der Waals surface area contributed by atoms with Crippen LogP contribution in [0.2, 0.25) is 5.02 Å². The molecule has 7 heteroatoms. The molecular formula is C16H22ClN3O3. The molecule has 0 unspecified atom stereocenters. The summed E-state index contributed by atoms with van der Waals surface area (Å²) >= 11 is 6.06. The monoisotopic (exact) mass is 339 g/mol. The minimum Gasteiger partial charge on any atom is -0.450 e. The fourth-order valence-electron chi connectivity index (χ4n) is 2.43. The predicted octanol–water partition coefficient (Wildman–Crippen LogP) is 2.36. The number of hydrogen-bond donors (Lipinski definition) is 1. The molecule has 0 bridgehead atoms. The molecule has 1 aromatic carbocycles. The molecule has 23 heavy (non-hydrogen) atoms. The number of ether oxygens (including phenoxy) is 1. The van der Waals surface area contributed by atoms with Gasteiger partial charge in [-0.2, -0.15) is 0 Å². The highest BCUT2D eigenvalue weighted by atomic mass is 35.5. The van der Waals surface area contributed by atoms with Crippen LogP contribution in [0.3, 0.4) is 0 Å². The summed E-state index contributed by atoms with van der Waals surface area (Å²) < 4.78 is 4.97. The normalized spacial score (nSPS) is 14.6. The number of hydrogen-bond acceptors (Lipinski definition) is 4. The van der Waals surface area contributed by atoms with E-state index in [2.05, 4.69) is 5.32 Å². The van der Waals surface area contributed by atoms with E-state index < -0.39 is 0 Å². The van der Waals surface area contributed by atoms with Crippen molar-refractivity contribution in [2.45, 2.75) is 13.8 Å². The third-order valence-electron chi connectivity index (χ3n) is 3.86. The van der Waals surface area contributed by atoms with Crippen LogP contribution >= 0.6 is 11.6 Å². The molecule has 0 aliphatic carbocycles. The number of rotatable bonds is 4. The van der Waals surface area contributed by atoms with E-state index in [1.54, 1.807) is 16.7 Å². The maximum absolute atomic E-state index is 12.3. The van der Waals surface area contributed by atoms with Gasteiger partial charge in [0.1, 0.15) is 0 Å². The van der Waals surface area contributed by atoms with Gasteiger partial charge in [-0.15, -0.1) is 0 Å². The maximum atomic E-state index is 12.3. The molecule has 2 rings (SSSR count). The summed E-state index contributed by atoms with van der Waals surface area (Å²) in [6.45, 7) is 6.30. The topological polar surface area (TPSA) is 61.9 Å². The van der Waals surface area contributed by atoms with E-state index in [1.165, 1.54) is 0 Å². The molecule has 1 saturated heterocycles. The van der Waals surface area contributed by atoms with E-state index in [0.29, 0.717) is 37.8 Å². The van der Waals surface area contributed by atoms with Gasteiger partial charge in [0.05, 0.1) is 13.2 Å². The van der Waals surface area contributed by atoms with Crippen LogP contribution in [0.25, 0.3) is 0 Å². The lowest BCUT2D eigenvalue weighted by Gasteiger charge is -2.34. The Kier molecular flexibility index (Phi) is 6.10. The fraction of sp³-hybridized carbons (Fsp3) is 0.500. The van der Waals surface area contributed by atoms with Gasteiger partial charge in [-0.3, -0.25) is 4.79 Å². The summed E-state index contributed by atoms with van der Waals surface area (Å²) in [5.41, 5.74) is 1.78. The Hall–Kier alpha value is -1.95. The van der Waals surface area contributed by atoms with Gasteiger partial charge in [0.15, 0.2) is 0 Å². The molecule has 2 amide bonds. The molecule has 126 valence electrons. The second kappa shape index (κ2) is 8.06. The number of carbonyl (C=O) groups is 2. The highest BCUT2D eigenvalue weighted by Crippen LogP contribution is 2.22. The number of amides is 2. The molecule has 1 aliphatic heterocycles. The van der Waals surface area contributed by atoms with Gasteiger partial charge >= 0.3 is 6.09 Å². The van der Waals surface area contributed by atoms with E-state index >= 15 is 0 Å². The molecule has 6 nitrogen and oxygen atoms in total. The van der Waals surface area contributed by atoms with Crippen LogP contribution in [0, 0.1) is 6.92 Å². The number of nitrogens with one attached hydrogen (secondary N) is 1. The number of benzene rings is 1. The summed E-state index contributed by atoms with van der Waals surface area (Å²) in [4.78, 5) is 27.3. The highest BCUT2D eigenvalue weighted by molar-refractivity contribution is 6.31. The van der Waals surface area contributed by atoms with Crippen LogP contribution in [0.1, 0.15) is 12.5 Å². The molecule has 0 radical (unpaired) electrons. The molecule has 1 N–H and O–H groups in total. The molecular weight excluding hydrogens is 318 g/mol. The van der Waals surface area contributed by atoms with E-state index in [4.69, 9.17) is 16.3 Å². The minimum atomic E-state index is -0.313. The lowest BCUT2D eigenvalue weighted by atomic mass is 10.2. The first-order valence-electron chi connectivity index (χ1n) is 7.71. The van der Waals surface area contributed by atoms with Crippen LogP contribution in [-0.4, -0.2) is 61.1 Å². The van der Waals surface area contributed by atoms with Crippen LogP contribution in [0.4, 0.5) is 10.5 Å². The van der Waals surface area contributed by atoms with Crippen molar-refractivity contribution in [2.75, 3.05) is 44.6 Å². The van der Waals surface area contributed by atoms with Gasteiger partial charge in [0, 0.05) is 36.9 Å². The van der Waals surface area contributed by atoms with E-state index in [-0.39, 0.29) is 18.5 Å². The molecule has 1 fully saturated rings. The zero-order valence-electron chi connectivity index (χ0n) is 13.5. The average molecular weight is 340 g/mol. The second-order valence-electron chi connectivity index (χ2n) is 5.33. The molecule has 1 aliphatic rings. The number of anilines is 1. The van der Waals surface area contributed by atoms with E-state index in [9.17, 15) is 9.59 Å². The fourth-order valence-corrected chi connectivity index (χ4v) is 2.61. The maximum Gasteiger partial charge on any atom is 0.409 e. The van der Waals surface area contributed by atoms with Gasteiger partial charge < -0.3 is 19.9 Å². The molecule has 0 aromatic heterocycles. The summed E-state index contributed by atoms with van der Waals surface area (Å²) in [6, 6.07) is 5.56. The molecule has 0 saturated carbocycles. The van der Waals surface area contributed by atoms with Crippen molar-refractivity contribution in [3.8, 4) is 0 Å². The number of piperazine rings is 1. The van der Waals surface area contributed by atoms with Crippen LogP contribution < -0.4 is 5.32 Å². The lowest BCUT2D eigenvalue weighted by Crippen LogP contribution is -2.51. The molecule has 1 aromatic rings. The van der Waals surface area contributed by atoms with E-state index in [0.717, 1.165) is 11.3 Å². The number of nitrogens with zero attached hydrogens (tertiary/aromatic N) is 2. The molecule has 1 heterocycles. The standard InChI is InChI=1S/C16H22ClN3O3/c1-3-23-16(22)20-9-7-19(8-10-20)15(21)11-18-14-6-4-5-13(17)12(14)2/h4-6,18H,3,7-11H2,1-2H3. The summed E-state index contributed by atoms with van der Waals surface area (Å²) in [6.07, 6.45) is -0.313. The zero-order valence-corrected chi connectivity index (χ0v) is 14.2. The quantitative estimate of drug-likeness (QED) is 0.914. The van der Waals surface area contributed by atoms with Crippen molar-refractivity contribution in [3.05, 3.63) is 28.8 Å². The second-order valence-corrected chi connectivity index (χ2v) is 5.74. The van der Waals surface area contributed by atoms with Crippen molar-refractivity contribution >= 4 is 29.3 Å². The number of halogens is 1. The Bertz CT molecular complexity index is 572. The van der Waals surface area contributed by atoms with Crippen molar-refractivity contribution in [2.24, 2.45) is 0 Å². The third kappa shape index (κ3) is 4.51. The smallest absolute Gasteiger partial charge is 0.409 e. The van der Waals surface area contributed by atoms with Crippen molar-refractivity contribution in [3.63, 3.8) is 0 Å². The first-order valence-corrected chi connectivity index (χ1v) is 8.09. The number of carbonyl (C=O) groups excluding carboxylic acids is 2. The first-order chi connectivity index (χ1) is 11.0. The van der Waals surface area contributed by atoms with Crippen molar-refractivity contribution in [1.29, 1.82) is 0 Å². The average Bonchev–Trinajstić information content (AvgIpc) is 2.56. The Morgan fingerprint density at radius 3 is 2.52 bits per heavy atom. The Morgan fingerprint density at radius 2 is 1.87 bits per heavy atom. The van der Waals surface area contributed by atoms with Gasteiger partial charge in [-0.1, -0.05) is 17.7 Å². The Morgan fingerprint density at radius 1 is 1.22 bits per heavy atom. The summed E-state index contributed by atoms with van der Waals surface area (Å²) in [5.74, 6) is 0.00730. The van der Waals surface area contributed by atoms with Crippen molar-refractivity contribution in [1.82, 2.24) is 9.80 Å². The lowest BCUT2D eigenvalue weighted by molar-refractivity contribution is -0.130.